The van der Waals surface area contributed by atoms with Crippen molar-refractivity contribution in [1.29, 1.82) is 0 Å². The summed E-state index contributed by atoms with van der Waals surface area (Å²) in [5.41, 5.74) is 0. The molecule has 0 spiro atoms. The molecule has 1 atom stereocenters. The third-order valence-corrected chi connectivity index (χ3v) is 3.05. The van der Waals surface area contributed by atoms with Crippen molar-refractivity contribution < 1.29 is 14.6 Å². The normalized spacial score (nSPS) is 13.0. The lowest BCUT2D eigenvalue weighted by atomic mass is 10.1. The van der Waals surface area contributed by atoms with Crippen molar-refractivity contribution in [3.63, 3.8) is 0 Å². The number of hydrogen-bond acceptors (Lipinski definition) is 2. The van der Waals surface area contributed by atoms with E-state index < -0.39 is 5.97 Å². The summed E-state index contributed by atoms with van der Waals surface area (Å²) in [5, 5.41) is 8.50. The van der Waals surface area contributed by atoms with Crippen molar-refractivity contribution in [2.75, 3.05) is 7.11 Å². The molecule has 3 heteroatoms. The Hall–Kier alpha value is -0.830. The molecule has 0 saturated heterocycles. The maximum absolute atomic E-state index is 10.3. The molecule has 0 aliphatic carbocycles. The van der Waals surface area contributed by atoms with Crippen LogP contribution in [-0.4, -0.2) is 24.3 Å². The summed E-state index contributed by atoms with van der Waals surface area (Å²) >= 11 is 0. The molecule has 18 heavy (non-hydrogen) atoms. The summed E-state index contributed by atoms with van der Waals surface area (Å²) in [6.07, 6.45) is 13.5. The second-order valence-electron chi connectivity index (χ2n) is 4.70. The van der Waals surface area contributed by atoms with Crippen LogP contribution in [0.4, 0.5) is 0 Å². The van der Waals surface area contributed by atoms with Gasteiger partial charge in [0.05, 0.1) is 6.10 Å². The molecule has 106 valence electrons. The Morgan fingerprint density at radius 2 is 1.94 bits per heavy atom. The molecule has 0 aromatic carbocycles. The molecule has 0 aromatic rings. The van der Waals surface area contributed by atoms with Crippen LogP contribution in [0.25, 0.3) is 0 Å². The Balaban J connectivity index is 3.54. The Bertz CT molecular complexity index is 224. The lowest BCUT2D eigenvalue weighted by Crippen LogP contribution is -2.08. The first-order valence-corrected chi connectivity index (χ1v) is 7.10. The number of aliphatic carboxylic acids is 1. The van der Waals surface area contributed by atoms with Crippen LogP contribution in [0.5, 0.6) is 0 Å². The zero-order valence-electron chi connectivity index (χ0n) is 11.9. The number of rotatable bonds is 12. The van der Waals surface area contributed by atoms with Gasteiger partial charge in [-0.2, -0.15) is 0 Å². The van der Waals surface area contributed by atoms with Gasteiger partial charge in [0.25, 0.3) is 0 Å². The van der Waals surface area contributed by atoms with Gasteiger partial charge in [0, 0.05) is 13.5 Å². The van der Waals surface area contributed by atoms with Crippen molar-refractivity contribution in [3.05, 3.63) is 12.2 Å². The van der Waals surface area contributed by atoms with Crippen LogP contribution in [0.15, 0.2) is 12.2 Å². The van der Waals surface area contributed by atoms with E-state index in [1.165, 1.54) is 32.1 Å². The molecule has 0 aliphatic rings. The maximum Gasteiger partial charge on any atom is 0.303 e. The number of hydrogen-bond donors (Lipinski definition) is 1. The second-order valence-corrected chi connectivity index (χ2v) is 4.70. The largest absolute Gasteiger partial charge is 0.481 e. The van der Waals surface area contributed by atoms with Crippen molar-refractivity contribution in [3.8, 4) is 0 Å². The van der Waals surface area contributed by atoms with Crippen LogP contribution in [0, 0.1) is 0 Å². The highest BCUT2D eigenvalue weighted by molar-refractivity contribution is 5.66. The average Bonchev–Trinajstić information content (AvgIpc) is 2.35. The molecule has 3 nitrogen and oxygen atoms in total. The van der Waals surface area contributed by atoms with E-state index in [0.717, 1.165) is 12.8 Å². The minimum Gasteiger partial charge on any atom is -0.481 e. The number of carbonyl (C=O) groups is 1. The Kier molecular flexibility index (Phi) is 12.0. The van der Waals surface area contributed by atoms with Crippen LogP contribution >= 0.6 is 0 Å². The van der Waals surface area contributed by atoms with Crippen LogP contribution in [0.1, 0.15) is 64.7 Å². The van der Waals surface area contributed by atoms with E-state index in [1.807, 2.05) is 12.2 Å². The molecule has 0 heterocycles. The van der Waals surface area contributed by atoms with Gasteiger partial charge >= 0.3 is 5.97 Å². The first kappa shape index (κ1) is 17.2. The second kappa shape index (κ2) is 12.6. The number of unbranched alkanes of at least 4 members (excludes halogenated alkanes) is 4. The fourth-order valence-electron chi connectivity index (χ4n) is 1.88. The van der Waals surface area contributed by atoms with E-state index in [4.69, 9.17) is 9.84 Å². The molecule has 0 saturated carbocycles. The molecule has 0 aromatic heterocycles. The number of methoxy groups -OCH3 is 1. The lowest BCUT2D eigenvalue weighted by molar-refractivity contribution is -0.136. The highest BCUT2D eigenvalue weighted by Crippen LogP contribution is 2.12. The van der Waals surface area contributed by atoms with Gasteiger partial charge in [-0.25, -0.2) is 0 Å². The number of allylic oxidation sites excluding steroid dienone is 1. The van der Waals surface area contributed by atoms with E-state index in [2.05, 4.69) is 6.92 Å². The van der Waals surface area contributed by atoms with Crippen molar-refractivity contribution in [2.45, 2.75) is 70.8 Å². The molecular formula is C15H28O3. The SMILES string of the molecule is CCCCCCC[C@@H](CC=CCCC(=O)O)OC. The number of carboxylic acids is 1. The van der Waals surface area contributed by atoms with Crippen LogP contribution < -0.4 is 0 Å². The third kappa shape index (κ3) is 11.6. The molecule has 0 fully saturated rings. The van der Waals surface area contributed by atoms with Crippen molar-refractivity contribution in [2.24, 2.45) is 0 Å². The molecular weight excluding hydrogens is 228 g/mol. The summed E-state index contributed by atoms with van der Waals surface area (Å²) in [7, 11) is 1.75. The minimum absolute atomic E-state index is 0.213. The molecule has 1 N–H and O–H groups in total. The molecule has 0 radical (unpaired) electrons. The van der Waals surface area contributed by atoms with E-state index in [1.54, 1.807) is 7.11 Å². The molecule has 0 aliphatic heterocycles. The summed E-state index contributed by atoms with van der Waals surface area (Å²) in [4.78, 5) is 10.3. The summed E-state index contributed by atoms with van der Waals surface area (Å²) in [5.74, 6) is -0.737. The number of ether oxygens (including phenoxy) is 1. The molecule has 0 unspecified atom stereocenters. The minimum atomic E-state index is -0.737. The maximum atomic E-state index is 10.3. The fraction of sp³-hybridized carbons (Fsp3) is 0.800. The first-order valence-electron chi connectivity index (χ1n) is 7.10. The van der Waals surface area contributed by atoms with E-state index in [-0.39, 0.29) is 12.5 Å². The lowest BCUT2D eigenvalue weighted by Gasteiger charge is -2.12. The van der Waals surface area contributed by atoms with Gasteiger partial charge in [0.1, 0.15) is 0 Å². The fourth-order valence-corrected chi connectivity index (χ4v) is 1.88. The summed E-state index contributed by atoms with van der Waals surface area (Å²) in [6.45, 7) is 2.22. The first-order chi connectivity index (χ1) is 8.70. The molecule has 0 amide bonds. The third-order valence-electron chi connectivity index (χ3n) is 3.05. The van der Waals surface area contributed by atoms with Crippen molar-refractivity contribution >= 4 is 5.97 Å². The van der Waals surface area contributed by atoms with Crippen LogP contribution in [-0.2, 0) is 9.53 Å². The average molecular weight is 256 g/mol. The van der Waals surface area contributed by atoms with Gasteiger partial charge in [-0.15, -0.1) is 0 Å². The summed E-state index contributed by atoms with van der Waals surface area (Å²) < 4.78 is 5.42. The zero-order valence-corrected chi connectivity index (χ0v) is 11.9. The zero-order chi connectivity index (χ0) is 13.6. The van der Waals surface area contributed by atoms with Crippen molar-refractivity contribution in [1.82, 2.24) is 0 Å². The van der Waals surface area contributed by atoms with E-state index in [9.17, 15) is 4.79 Å². The van der Waals surface area contributed by atoms with Gasteiger partial charge in [0.15, 0.2) is 0 Å². The smallest absolute Gasteiger partial charge is 0.303 e. The van der Waals surface area contributed by atoms with Crippen LogP contribution in [0.3, 0.4) is 0 Å². The topological polar surface area (TPSA) is 46.5 Å². The highest BCUT2D eigenvalue weighted by Gasteiger charge is 2.04. The predicted molar refractivity (Wildman–Crippen MR) is 74.8 cm³/mol. The predicted octanol–water partition coefficient (Wildman–Crippen LogP) is 4.17. The van der Waals surface area contributed by atoms with E-state index >= 15 is 0 Å². The van der Waals surface area contributed by atoms with Crippen LogP contribution in [0.2, 0.25) is 0 Å². The molecule has 0 rings (SSSR count). The highest BCUT2D eigenvalue weighted by atomic mass is 16.5. The van der Waals surface area contributed by atoms with Gasteiger partial charge in [-0.3, -0.25) is 4.79 Å². The van der Waals surface area contributed by atoms with E-state index in [0.29, 0.717) is 6.42 Å². The van der Waals surface area contributed by atoms with Gasteiger partial charge < -0.3 is 9.84 Å². The van der Waals surface area contributed by atoms with Gasteiger partial charge in [-0.05, 0) is 19.3 Å². The van der Waals surface area contributed by atoms with Gasteiger partial charge in [0.2, 0.25) is 0 Å². The number of carboxylic acid groups (broad SMARTS) is 1. The molecule has 0 bridgehead atoms. The summed E-state index contributed by atoms with van der Waals surface area (Å²) in [6, 6.07) is 0. The Morgan fingerprint density at radius 1 is 1.22 bits per heavy atom. The van der Waals surface area contributed by atoms with Gasteiger partial charge in [-0.1, -0.05) is 51.2 Å². The standard InChI is InChI=1S/C15H28O3/c1-3-4-5-6-8-11-14(18-2)12-9-7-10-13-15(16)17/h7,9,14H,3-6,8,10-13H2,1-2H3,(H,16,17)/t14-/m0/s1. The Labute approximate surface area is 111 Å². The monoisotopic (exact) mass is 256 g/mol. The Morgan fingerprint density at radius 3 is 2.56 bits per heavy atom. The quantitative estimate of drug-likeness (QED) is 0.421.